The zero-order valence-electron chi connectivity index (χ0n) is 20.0. The lowest BCUT2D eigenvalue weighted by Crippen LogP contribution is -2.29. The normalized spacial score (nSPS) is 14.8. The van der Waals surface area contributed by atoms with Crippen LogP contribution in [0.2, 0.25) is 5.02 Å². The van der Waals surface area contributed by atoms with Crippen LogP contribution in [0.5, 0.6) is 5.75 Å². The maximum absolute atomic E-state index is 13.7. The molecule has 0 bridgehead atoms. The lowest BCUT2D eigenvalue weighted by Gasteiger charge is -2.22. The van der Waals surface area contributed by atoms with Gasteiger partial charge >= 0.3 is 0 Å². The molecule has 0 saturated carbocycles. The minimum atomic E-state index is -0.745. The molecule has 3 heterocycles. The molecule has 184 valence electrons. The van der Waals surface area contributed by atoms with Crippen LogP contribution in [0.4, 0.5) is 5.82 Å². The molecule has 0 N–H and O–H groups in total. The summed E-state index contributed by atoms with van der Waals surface area (Å²) in [6.45, 7) is 3.95. The average Bonchev–Trinajstić information content (AvgIpc) is 3.45. The second-order valence-electron chi connectivity index (χ2n) is 9.00. The molecule has 0 fully saturated rings. The molecule has 5 aromatic rings. The first-order valence-corrected chi connectivity index (χ1v) is 12.1. The number of aryl methyl sites for hydroxylation is 2. The number of aromatic nitrogens is 1. The number of hydrogen-bond acceptors (Lipinski definition) is 6. The summed E-state index contributed by atoms with van der Waals surface area (Å²) < 4.78 is 17.2. The van der Waals surface area contributed by atoms with Gasteiger partial charge in [-0.3, -0.25) is 14.5 Å². The summed E-state index contributed by atoms with van der Waals surface area (Å²) in [7, 11) is 0. The summed E-state index contributed by atoms with van der Waals surface area (Å²) in [5.41, 5.74) is 2.88. The Bertz CT molecular complexity index is 1720. The zero-order valence-corrected chi connectivity index (χ0v) is 20.8. The van der Waals surface area contributed by atoms with Crippen molar-refractivity contribution in [2.75, 3.05) is 4.90 Å². The number of anilines is 1. The van der Waals surface area contributed by atoms with Crippen molar-refractivity contribution in [1.29, 1.82) is 0 Å². The quantitative estimate of drug-likeness (QED) is 0.271. The average molecular weight is 513 g/mol. The summed E-state index contributed by atoms with van der Waals surface area (Å²) in [6.07, 6.45) is 0. The van der Waals surface area contributed by atoms with Crippen LogP contribution < -0.4 is 15.1 Å². The van der Waals surface area contributed by atoms with Gasteiger partial charge in [0.05, 0.1) is 17.0 Å². The van der Waals surface area contributed by atoms with Gasteiger partial charge in [-0.15, -0.1) is 0 Å². The molecule has 37 heavy (non-hydrogen) atoms. The molecule has 1 amide bonds. The van der Waals surface area contributed by atoms with Crippen molar-refractivity contribution in [3.8, 4) is 5.75 Å². The molecular formula is C29H21ClN2O5. The predicted molar refractivity (Wildman–Crippen MR) is 139 cm³/mol. The zero-order chi connectivity index (χ0) is 25.7. The molecule has 0 unspecified atom stereocenters. The molecule has 0 radical (unpaired) electrons. The molecule has 3 aromatic carbocycles. The Morgan fingerprint density at radius 2 is 1.78 bits per heavy atom. The van der Waals surface area contributed by atoms with Crippen LogP contribution in [0.3, 0.4) is 0 Å². The van der Waals surface area contributed by atoms with E-state index in [0.717, 1.165) is 11.1 Å². The first-order valence-electron chi connectivity index (χ1n) is 11.7. The number of carbonyl (C=O) groups excluding carboxylic acids is 1. The highest BCUT2D eigenvalue weighted by Gasteiger charge is 2.44. The molecule has 1 atom stereocenters. The van der Waals surface area contributed by atoms with Crippen LogP contribution in [-0.4, -0.2) is 11.1 Å². The second-order valence-corrected chi connectivity index (χ2v) is 9.40. The molecule has 7 nitrogen and oxygen atoms in total. The van der Waals surface area contributed by atoms with Gasteiger partial charge in [-0.25, -0.2) is 0 Å². The van der Waals surface area contributed by atoms with Crippen LogP contribution in [0.15, 0.2) is 86.5 Å². The molecular weight excluding hydrogens is 492 g/mol. The van der Waals surface area contributed by atoms with Gasteiger partial charge in [0.15, 0.2) is 11.2 Å². The first kappa shape index (κ1) is 23.1. The highest BCUT2D eigenvalue weighted by molar-refractivity contribution is 6.31. The number of ether oxygens (including phenoxy) is 1. The molecule has 2 aromatic heterocycles. The van der Waals surface area contributed by atoms with Crippen LogP contribution in [0.1, 0.15) is 44.6 Å². The summed E-state index contributed by atoms with van der Waals surface area (Å²) in [6, 6.07) is 21.0. The van der Waals surface area contributed by atoms with Gasteiger partial charge in [0.2, 0.25) is 5.76 Å². The molecule has 0 aliphatic carbocycles. The van der Waals surface area contributed by atoms with Crippen LogP contribution in [0, 0.1) is 13.8 Å². The maximum atomic E-state index is 13.7. The smallest absolute Gasteiger partial charge is 0.296 e. The largest absolute Gasteiger partial charge is 0.489 e. The van der Waals surface area contributed by atoms with Crippen molar-refractivity contribution in [2.24, 2.45) is 0 Å². The van der Waals surface area contributed by atoms with Gasteiger partial charge in [0.1, 0.15) is 23.7 Å². The number of nitrogens with zero attached hydrogens (tertiary/aromatic N) is 2. The van der Waals surface area contributed by atoms with E-state index in [4.69, 9.17) is 25.3 Å². The summed E-state index contributed by atoms with van der Waals surface area (Å²) in [5, 5.41) is 5.12. The Kier molecular flexibility index (Phi) is 5.57. The fraction of sp³-hybridized carbons (Fsp3) is 0.138. The number of rotatable bonds is 5. The van der Waals surface area contributed by atoms with Gasteiger partial charge in [-0.1, -0.05) is 58.7 Å². The van der Waals surface area contributed by atoms with E-state index in [2.05, 4.69) is 5.16 Å². The van der Waals surface area contributed by atoms with Gasteiger partial charge < -0.3 is 13.7 Å². The van der Waals surface area contributed by atoms with E-state index in [1.807, 2.05) is 49.4 Å². The first-order chi connectivity index (χ1) is 17.9. The topological polar surface area (TPSA) is 85.8 Å². The van der Waals surface area contributed by atoms with Crippen molar-refractivity contribution >= 4 is 34.3 Å². The summed E-state index contributed by atoms with van der Waals surface area (Å²) in [5.74, 6) is 1.02. The van der Waals surface area contributed by atoms with E-state index in [0.29, 0.717) is 45.5 Å². The van der Waals surface area contributed by atoms with E-state index in [-0.39, 0.29) is 16.8 Å². The fourth-order valence-electron chi connectivity index (χ4n) is 4.63. The molecule has 6 rings (SSSR count). The SMILES string of the molecule is Cc1ccc2oc3c(c(=O)c2c1)[C@@H](c1ccc(OCc2ccccc2Cl)cc1)N(c1cc(C)on1)C3=O. The van der Waals surface area contributed by atoms with E-state index in [9.17, 15) is 9.59 Å². The highest BCUT2D eigenvalue weighted by atomic mass is 35.5. The molecule has 1 aliphatic rings. The van der Waals surface area contributed by atoms with Gasteiger partial charge in [-0.05, 0) is 49.7 Å². The second kappa shape index (κ2) is 8.94. The van der Waals surface area contributed by atoms with Crippen molar-refractivity contribution in [3.05, 3.63) is 122 Å². The number of halogens is 1. The molecule has 0 spiro atoms. The number of carbonyl (C=O) groups is 1. The van der Waals surface area contributed by atoms with Crippen LogP contribution in [-0.2, 0) is 6.61 Å². The summed E-state index contributed by atoms with van der Waals surface area (Å²) >= 11 is 6.24. The van der Waals surface area contributed by atoms with Crippen LogP contribution in [0.25, 0.3) is 11.0 Å². The Balaban J connectivity index is 1.43. The predicted octanol–water partition coefficient (Wildman–Crippen LogP) is 6.38. The van der Waals surface area contributed by atoms with E-state index in [1.165, 1.54) is 4.90 Å². The highest BCUT2D eigenvalue weighted by Crippen LogP contribution is 2.41. The van der Waals surface area contributed by atoms with Crippen molar-refractivity contribution < 1.29 is 18.5 Å². The number of benzene rings is 3. The Morgan fingerprint density at radius 3 is 2.51 bits per heavy atom. The van der Waals surface area contributed by atoms with Crippen molar-refractivity contribution in [3.63, 3.8) is 0 Å². The fourth-order valence-corrected chi connectivity index (χ4v) is 4.82. The van der Waals surface area contributed by atoms with Crippen molar-refractivity contribution in [1.82, 2.24) is 5.16 Å². The van der Waals surface area contributed by atoms with Gasteiger partial charge in [0.25, 0.3) is 5.91 Å². The Morgan fingerprint density at radius 1 is 1.00 bits per heavy atom. The van der Waals surface area contributed by atoms with E-state index in [1.54, 1.807) is 37.3 Å². The van der Waals surface area contributed by atoms with Gasteiger partial charge in [0, 0.05) is 16.7 Å². The van der Waals surface area contributed by atoms with E-state index >= 15 is 0 Å². The third-order valence-corrected chi connectivity index (χ3v) is 6.80. The Labute approximate surface area is 216 Å². The van der Waals surface area contributed by atoms with Gasteiger partial charge in [-0.2, -0.15) is 0 Å². The van der Waals surface area contributed by atoms with Crippen molar-refractivity contribution in [2.45, 2.75) is 26.5 Å². The van der Waals surface area contributed by atoms with Crippen LogP contribution >= 0.6 is 11.6 Å². The standard InChI is InChI=1S/C29H21ClN2O5/c1-16-7-12-23-21(13-16)27(33)25-26(32(29(34)28(25)36-23)24-14-17(2)37-31-24)18-8-10-20(11-9-18)35-15-19-5-3-4-6-22(19)30/h3-14,26H,15H2,1-2H3/t26-/m1/s1. The number of hydrogen-bond donors (Lipinski definition) is 0. The number of amides is 1. The number of fused-ring (bicyclic) bond motifs is 2. The lowest BCUT2D eigenvalue weighted by atomic mass is 9.98. The maximum Gasteiger partial charge on any atom is 0.296 e. The summed E-state index contributed by atoms with van der Waals surface area (Å²) in [4.78, 5) is 28.7. The third-order valence-electron chi connectivity index (χ3n) is 6.44. The Hall–Kier alpha value is -4.36. The minimum Gasteiger partial charge on any atom is -0.489 e. The lowest BCUT2D eigenvalue weighted by molar-refractivity contribution is 0.0969. The molecule has 1 aliphatic heterocycles. The van der Waals surface area contributed by atoms with E-state index < -0.39 is 11.9 Å². The molecule has 8 heteroatoms. The monoisotopic (exact) mass is 512 g/mol. The minimum absolute atomic E-state index is 0.00560. The third kappa shape index (κ3) is 3.97. The molecule has 0 saturated heterocycles.